The number of hydrogen-bond acceptors (Lipinski definition) is 3. The monoisotopic (exact) mass is 121 g/mol. The summed E-state index contributed by atoms with van der Waals surface area (Å²) >= 11 is 0. The first-order valence-electron chi connectivity index (χ1n) is 2.67. The Hall–Kier alpha value is -1.32. The summed E-state index contributed by atoms with van der Waals surface area (Å²) in [5, 5.41) is 3.97. The van der Waals surface area contributed by atoms with E-state index in [0.29, 0.717) is 0 Å². The van der Waals surface area contributed by atoms with Gasteiger partial charge in [0.05, 0.1) is 12.4 Å². The van der Waals surface area contributed by atoms with Crippen molar-refractivity contribution in [3.8, 4) is 0 Å². The molecule has 0 spiro atoms. The minimum absolute atomic E-state index is 0.116. The van der Waals surface area contributed by atoms with Crippen molar-refractivity contribution in [3.63, 3.8) is 0 Å². The molecule has 2 aliphatic heterocycles. The van der Waals surface area contributed by atoms with Gasteiger partial charge in [0.25, 0.3) is 0 Å². The van der Waals surface area contributed by atoms with Crippen LogP contribution >= 0.6 is 0 Å². The normalized spacial score (nSPS) is 28.4. The number of aliphatic imine (C=N–C) groups is 2. The largest absolute Gasteiger partial charge is 0.375 e. The molecule has 0 aromatic carbocycles. The lowest BCUT2D eigenvalue weighted by Crippen LogP contribution is -2.17. The predicted molar refractivity (Wildman–Crippen MR) is 35.6 cm³/mol. The van der Waals surface area contributed by atoms with E-state index in [-0.39, 0.29) is 6.29 Å². The first-order chi connectivity index (χ1) is 4.47. The number of rotatable bonds is 0. The molecule has 9 heavy (non-hydrogen) atoms. The number of fused-ring (bicyclic) bond motifs is 1. The Morgan fingerprint density at radius 2 is 2.00 bits per heavy atom. The molecular formula is C5H5N4+. The molecule has 44 valence electrons. The van der Waals surface area contributed by atoms with E-state index in [1.54, 1.807) is 29.5 Å². The van der Waals surface area contributed by atoms with E-state index in [2.05, 4.69) is 15.1 Å². The molecule has 0 bridgehead atoms. The molecule has 0 saturated heterocycles. The zero-order chi connectivity index (χ0) is 6.10. The highest BCUT2D eigenvalue weighted by Gasteiger charge is 2.22. The van der Waals surface area contributed by atoms with Gasteiger partial charge in [0.2, 0.25) is 6.21 Å². The van der Waals surface area contributed by atoms with Crippen LogP contribution in [0, 0.1) is 0 Å². The van der Waals surface area contributed by atoms with Crippen molar-refractivity contribution in [2.45, 2.75) is 6.29 Å². The summed E-state index contributed by atoms with van der Waals surface area (Å²) < 4.78 is 1.69. The summed E-state index contributed by atoms with van der Waals surface area (Å²) in [5.74, 6) is 0. The Balaban J connectivity index is 2.40. The van der Waals surface area contributed by atoms with E-state index in [1.807, 2.05) is 0 Å². The Bertz CT molecular complexity index is 235. The first kappa shape index (κ1) is 4.55. The van der Waals surface area contributed by atoms with E-state index in [4.69, 9.17) is 0 Å². The van der Waals surface area contributed by atoms with Crippen LogP contribution in [0.5, 0.6) is 0 Å². The van der Waals surface area contributed by atoms with Gasteiger partial charge in [-0.2, -0.15) is 9.98 Å². The summed E-state index contributed by atoms with van der Waals surface area (Å²) in [7, 11) is 0. The highest BCUT2D eigenvalue weighted by Crippen LogP contribution is 2.00. The highest BCUT2D eigenvalue weighted by atomic mass is 15.5. The van der Waals surface area contributed by atoms with Crippen molar-refractivity contribution >= 4 is 24.9 Å². The van der Waals surface area contributed by atoms with Crippen molar-refractivity contribution in [2.75, 3.05) is 0 Å². The molecule has 0 amide bonds. The molecular weight excluding hydrogens is 116 g/mol. The molecule has 2 aliphatic rings. The van der Waals surface area contributed by atoms with Crippen LogP contribution in [0.4, 0.5) is 0 Å². The van der Waals surface area contributed by atoms with Crippen molar-refractivity contribution in [1.82, 2.24) is 0 Å². The SMILES string of the molecule is C1=NC2N=CC=[N+]2N=C1. The van der Waals surface area contributed by atoms with Crippen molar-refractivity contribution < 1.29 is 4.68 Å². The maximum Gasteiger partial charge on any atom is 0.375 e. The van der Waals surface area contributed by atoms with Crippen LogP contribution in [-0.4, -0.2) is 35.8 Å². The highest BCUT2D eigenvalue weighted by molar-refractivity contribution is 6.17. The Labute approximate surface area is 51.9 Å². The zero-order valence-electron chi connectivity index (χ0n) is 4.68. The average molecular weight is 121 g/mol. The zero-order valence-corrected chi connectivity index (χ0v) is 4.68. The predicted octanol–water partition coefficient (Wildman–Crippen LogP) is -0.492. The molecule has 1 unspecified atom stereocenters. The van der Waals surface area contributed by atoms with Gasteiger partial charge in [-0.1, -0.05) is 0 Å². The maximum atomic E-state index is 4.01. The van der Waals surface area contributed by atoms with Crippen molar-refractivity contribution in [3.05, 3.63) is 0 Å². The van der Waals surface area contributed by atoms with Crippen LogP contribution in [0.1, 0.15) is 0 Å². The van der Waals surface area contributed by atoms with Gasteiger partial charge in [-0.15, -0.1) is 0 Å². The second kappa shape index (κ2) is 1.58. The van der Waals surface area contributed by atoms with Gasteiger partial charge in [-0.05, 0) is 9.79 Å². The van der Waals surface area contributed by atoms with E-state index >= 15 is 0 Å². The lowest BCUT2D eigenvalue weighted by Gasteiger charge is -1.96. The van der Waals surface area contributed by atoms with Gasteiger partial charge in [-0.3, -0.25) is 0 Å². The number of hydrogen-bond donors (Lipinski definition) is 0. The van der Waals surface area contributed by atoms with E-state index in [9.17, 15) is 0 Å². The molecule has 2 heterocycles. The number of nitrogens with zero attached hydrogens (tertiary/aromatic N) is 4. The summed E-state index contributed by atoms with van der Waals surface area (Å²) in [4.78, 5) is 8.01. The first-order valence-corrected chi connectivity index (χ1v) is 2.67. The summed E-state index contributed by atoms with van der Waals surface area (Å²) in [6.45, 7) is 0. The third-order valence-electron chi connectivity index (χ3n) is 1.16. The lowest BCUT2D eigenvalue weighted by atomic mass is 10.7. The fraction of sp³-hybridized carbons (Fsp3) is 0.200. The molecule has 0 aliphatic carbocycles. The standard InChI is InChI=1S/C5H5N4/c1-2-8-9-4-3-7-5(9)6-1/h1-5H/q+1. The van der Waals surface area contributed by atoms with Crippen molar-refractivity contribution in [2.24, 2.45) is 15.1 Å². The van der Waals surface area contributed by atoms with Crippen LogP contribution in [0.2, 0.25) is 0 Å². The fourth-order valence-electron chi connectivity index (χ4n) is 0.756. The Kier molecular flexibility index (Phi) is 0.798. The molecule has 0 N–H and O–H groups in total. The summed E-state index contributed by atoms with van der Waals surface area (Å²) in [6, 6.07) is 0. The Morgan fingerprint density at radius 3 is 2.89 bits per heavy atom. The molecule has 4 nitrogen and oxygen atoms in total. The molecule has 0 aromatic rings. The molecule has 1 atom stereocenters. The molecule has 0 saturated carbocycles. The van der Waals surface area contributed by atoms with Gasteiger partial charge < -0.3 is 0 Å². The van der Waals surface area contributed by atoms with E-state index in [0.717, 1.165) is 0 Å². The average Bonchev–Trinajstić information content (AvgIpc) is 2.33. The van der Waals surface area contributed by atoms with Gasteiger partial charge in [0, 0.05) is 0 Å². The fourth-order valence-corrected chi connectivity index (χ4v) is 0.756. The Morgan fingerprint density at radius 1 is 1.11 bits per heavy atom. The van der Waals surface area contributed by atoms with Gasteiger partial charge in [0.1, 0.15) is 6.21 Å². The minimum atomic E-state index is -0.116. The molecule has 0 fully saturated rings. The third-order valence-corrected chi connectivity index (χ3v) is 1.16. The van der Waals surface area contributed by atoms with Gasteiger partial charge in [-0.25, -0.2) is 0 Å². The van der Waals surface area contributed by atoms with Crippen molar-refractivity contribution in [1.29, 1.82) is 0 Å². The van der Waals surface area contributed by atoms with Crippen LogP contribution in [-0.2, 0) is 0 Å². The molecule has 2 rings (SSSR count). The maximum absolute atomic E-state index is 4.01. The second-order valence-electron chi connectivity index (χ2n) is 1.74. The van der Waals surface area contributed by atoms with Crippen LogP contribution in [0.25, 0.3) is 0 Å². The summed E-state index contributed by atoms with van der Waals surface area (Å²) in [5.41, 5.74) is 0. The lowest BCUT2D eigenvalue weighted by molar-refractivity contribution is -0.559. The van der Waals surface area contributed by atoms with Gasteiger partial charge >= 0.3 is 6.29 Å². The minimum Gasteiger partial charge on any atom is -0.199 e. The molecule has 4 heteroatoms. The third kappa shape index (κ3) is 0.595. The second-order valence-corrected chi connectivity index (χ2v) is 1.74. The van der Waals surface area contributed by atoms with Crippen LogP contribution < -0.4 is 0 Å². The van der Waals surface area contributed by atoms with Crippen LogP contribution in [0.15, 0.2) is 15.1 Å². The number of hydrazone groups is 1. The topological polar surface area (TPSA) is 40.1 Å². The van der Waals surface area contributed by atoms with Gasteiger partial charge in [0.15, 0.2) is 0 Å². The molecule has 0 aromatic heterocycles. The summed E-state index contributed by atoms with van der Waals surface area (Å²) in [6.07, 6.45) is 6.66. The van der Waals surface area contributed by atoms with Crippen LogP contribution in [0.3, 0.4) is 0 Å². The van der Waals surface area contributed by atoms with E-state index in [1.165, 1.54) is 0 Å². The van der Waals surface area contributed by atoms with E-state index < -0.39 is 0 Å². The quantitative estimate of drug-likeness (QED) is 0.388. The smallest absolute Gasteiger partial charge is 0.199 e. The molecule has 0 radical (unpaired) electrons.